The minimum Gasteiger partial charge on any atom is -0.349 e. The number of sulfonamides is 1. The van der Waals surface area contributed by atoms with Gasteiger partial charge in [-0.1, -0.05) is 24.2 Å². The predicted molar refractivity (Wildman–Crippen MR) is 158 cm³/mol. The van der Waals surface area contributed by atoms with Gasteiger partial charge in [0, 0.05) is 47.1 Å². The van der Waals surface area contributed by atoms with E-state index < -0.39 is 21.1 Å². The Balaban J connectivity index is 1.56. The lowest BCUT2D eigenvalue weighted by Gasteiger charge is -2.44. The molecular weight excluding hydrogens is 569 g/mol. The molecular formula is C28H29ClFN7O3S. The molecule has 2 aromatic heterocycles. The van der Waals surface area contributed by atoms with Gasteiger partial charge in [0.1, 0.15) is 11.3 Å². The molecule has 3 heterocycles. The Bertz CT molecular complexity index is 1840. The van der Waals surface area contributed by atoms with Crippen LogP contribution in [0.25, 0.3) is 32.9 Å². The van der Waals surface area contributed by atoms with Gasteiger partial charge < -0.3 is 9.80 Å². The highest BCUT2D eigenvalue weighted by molar-refractivity contribution is 7.93. The standard InChI is InChI=1S/C28H29ClFN7O3S/c1-5-22(38)36-12-16(4)37(13-15(36)3)27-18-10-20(29)24(23-14(2)6-9-21-19(23)11-31-34-21)25(30)26(18)32-28(33-27)35-41(39,40)17-7-8-17/h5-6,9-11,15-17H,1,7-8,12-13H2,2-4H3,(H,31,34)(H,32,33,35)/t15-,16+/m1/s1. The number of aromatic amines is 1. The highest BCUT2D eigenvalue weighted by Gasteiger charge is 2.38. The molecule has 1 amide bonds. The summed E-state index contributed by atoms with van der Waals surface area (Å²) >= 11 is 6.82. The third-order valence-electron chi connectivity index (χ3n) is 7.86. The fourth-order valence-electron chi connectivity index (χ4n) is 5.57. The van der Waals surface area contributed by atoms with Crippen LogP contribution < -0.4 is 9.62 Å². The third kappa shape index (κ3) is 4.68. The highest BCUT2D eigenvalue weighted by Crippen LogP contribution is 2.43. The second-order valence-corrected chi connectivity index (χ2v) is 13.2. The molecule has 2 aromatic carbocycles. The second-order valence-electron chi connectivity index (χ2n) is 10.8. The molecule has 0 unspecified atom stereocenters. The fraction of sp³-hybridized carbons (Fsp3) is 0.357. The van der Waals surface area contributed by atoms with Crippen LogP contribution in [0.5, 0.6) is 0 Å². The molecule has 0 bridgehead atoms. The van der Waals surface area contributed by atoms with Gasteiger partial charge in [0.15, 0.2) is 5.82 Å². The number of aromatic nitrogens is 4. The van der Waals surface area contributed by atoms with E-state index in [1.54, 1.807) is 17.2 Å². The minimum absolute atomic E-state index is 0.0627. The molecule has 1 aliphatic heterocycles. The first kappa shape index (κ1) is 27.4. The average Bonchev–Trinajstić information content (AvgIpc) is 3.69. The number of carbonyl (C=O) groups excluding carboxylic acids is 1. The number of nitrogens with zero attached hydrogens (tertiary/aromatic N) is 5. The monoisotopic (exact) mass is 597 g/mol. The normalized spacial score (nSPS) is 19.6. The topological polar surface area (TPSA) is 124 Å². The van der Waals surface area contributed by atoms with Crippen LogP contribution in [0, 0.1) is 12.7 Å². The first-order chi connectivity index (χ1) is 19.5. The number of anilines is 2. The molecule has 2 fully saturated rings. The van der Waals surface area contributed by atoms with Crippen molar-refractivity contribution in [1.29, 1.82) is 0 Å². The molecule has 4 aromatic rings. The molecule has 41 heavy (non-hydrogen) atoms. The number of halogens is 2. The largest absolute Gasteiger partial charge is 0.349 e. The molecule has 0 spiro atoms. The zero-order valence-corrected chi connectivity index (χ0v) is 24.4. The summed E-state index contributed by atoms with van der Waals surface area (Å²) in [5.41, 5.74) is 2.16. The van der Waals surface area contributed by atoms with Crippen LogP contribution in [0.3, 0.4) is 0 Å². The molecule has 2 N–H and O–H groups in total. The number of H-pyrrole nitrogens is 1. The Hall–Kier alpha value is -3.77. The van der Waals surface area contributed by atoms with Gasteiger partial charge in [0.2, 0.25) is 21.9 Å². The number of hydrogen-bond acceptors (Lipinski definition) is 7. The lowest BCUT2D eigenvalue weighted by molar-refractivity contribution is -0.128. The van der Waals surface area contributed by atoms with Crippen LogP contribution in [-0.4, -0.2) is 69.8 Å². The summed E-state index contributed by atoms with van der Waals surface area (Å²) < 4.78 is 44.9. The first-order valence-corrected chi connectivity index (χ1v) is 15.3. The van der Waals surface area contributed by atoms with Crippen LogP contribution in [0.15, 0.2) is 37.1 Å². The Morgan fingerprint density at radius 3 is 2.63 bits per heavy atom. The number of benzene rings is 2. The molecule has 1 saturated heterocycles. The van der Waals surface area contributed by atoms with E-state index in [1.807, 2.05) is 37.8 Å². The van der Waals surface area contributed by atoms with Gasteiger partial charge in [-0.05, 0) is 57.4 Å². The zero-order chi connectivity index (χ0) is 29.2. The Morgan fingerprint density at radius 2 is 1.93 bits per heavy atom. The van der Waals surface area contributed by atoms with Crippen molar-refractivity contribution >= 4 is 61.1 Å². The summed E-state index contributed by atoms with van der Waals surface area (Å²) in [6.07, 6.45) is 3.99. The molecule has 1 aliphatic carbocycles. The van der Waals surface area contributed by atoms with E-state index in [2.05, 4.69) is 31.5 Å². The van der Waals surface area contributed by atoms with Crippen molar-refractivity contribution in [3.8, 4) is 11.1 Å². The van der Waals surface area contributed by atoms with Crippen LogP contribution >= 0.6 is 11.6 Å². The van der Waals surface area contributed by atoms with E-state index in [4.69, 9.17) is 11.6 Å². The number of piperazine rings is 1. The SMILES string of the molecule is C=CC(=O)N1C[C@H](C)N(c2nc(NS(=O)(=O)C3CC3)nc3c(F)c(-c4c(C)ccc5[nH]ncc45)c(Cl)cc23)C[C@H]1C. The van der Waals surface area contributed by atoms with Crippen LogP contribution in [0.2, 0.25) is 5.02 Å². The Kier molecular flexibility index (Phi) is 6.65. The molecule has 1 saturated carbocycles. The summed E-state index contributed by atoms with van der Waals surface area (Å²) in [5, 5.41) is 7.68. The van der Waals surface area contributed by atoms with Crippen molar-refractivity contribution in [1.82, 2.24) is 25.1 Å². The van der Waals surface area contributed by atoms with Crippen molar-refractivity contribution in [2.75, 3.05) is 22.7 Å². The van der Waals surface area contributed by atoms with Crippen molar-refractivity contribution in [3.63, 3.8) is 0 Å². The number of fused-ring (bicyclic) bond motifs is 2. The summed E-state index contributed by atoms with van der Waals surface area (Å²) in [7, 11) is -3.73. The van der Waals surface area contributed by atoms with E-state index >= 15 is 4.39 Å². The van der Waals surface area contributed by atoms with Gasteiger partial charge >= 0.3 is 0 Å². The average molecular weight is 598 g/mol. The lowest BCUT2D eigenvalue weighted by atomic mass is 9.95. The van der Waals surface area contributed by atoms with E-state index in [0.717, 1.165) is 11.1 Å². The molecule has 13 heteroatoms. The van der Waals surface area contributed by atoms with Gasteiger partial charge in [-0.3, -0.25) is 14.6 Å². The summed E-state index contributed by atoms with van der Waals surface area (Å²) in [6, 6.07) is 4.89. The van der Waals surface area contributed by atoms with E-state index in [9.17, 15) is 13.2 Å². The van der Waals surface area contributed by atoms with Crippen molar-refractivity contribution < 1.29 is 17.6 Å². The van der Waals surface area contributed by atoms with Gasteiger partial charge in [0.25, 0.3) is 0 Å². The molecule has 6 rings (SSSR count). The Morgan fingerprint density at radius 1 is 1.17 bits per heavy atom. The smallest absolute Gasteiger partial charge is 0.246 e. The number of carbonyl (C=O) groups is 1. The first-order valence-electron chi connectivity index (χ1n) is 13.3. The van der Waals surface area contributed by atoms with Crippen LogP contribution in [0.1, 0.15) is 32.3 Å². The van der Waals surface area contributed by atoms with Gasteiger partial charge in [0.05, 0.1) is 22.0 Å². The number of amides is 1. The van der Waals surface area contributed by atoms with Gasteiger partial charge in [-0.25, -0.2) is 17.8 Å². The fourth-order valence-corrected chi connectivity index (χ4v) is 7.12. The summed E-state index contributed by atoms with van der Waals surface area (Å²) in [5.74, 6) is -0.758. The summed E-state index contributed by atoms with van der Waals surface area (Å²) in [4.78, 5) is 25.1. The van der Waals surface area contributed by atoms with Gasteiger partial charge in [-0.2, -0.15) is 10.1 Å². The van der Waals surface area contributed by atoms with E-state index in [0.29, 0.717) is 48.1 Å². The maximum atomic E-state index is 16.7. The number of rotatable bonds is 6. The van der Waals surface area contributed by atoms with Crippen molar-refractivity contribution in [3.05, 3.63) is 53.5 Å². The maximum absolute atomic E-state index is 16.7. The predicted octanol–water partition coefficient (Wildman–Crippen LogP) is 4.79. The van der Waals surface area contributed by atoms with Crippen molar-refractivity contribution in [2.24, 2.45) is 0 Å². The third-order valence-corrected chi connectivity index (χ3v) is 9.97. The zero-order valence-electron chi connectivity index (χ0n) is 22.8. The molecule has 10 nitrogen and oxygen atoms in total. The van der Waals surface area contributed by atoms with E-state index in [-0.39, 0.29) is 40.0 Å². The lowest BCUT2D eigenvalue weighted by Crippen LogP contribution is -2.58. The quantitative estimate of drug-likeness (QED) is 0.306. The summed E-state index contributed by atoms with van der Waals surface area (Å²) in [6.45, 7) is 10.0. The number of aryl methyl sites for hydroxylation is 1. The second kappa shape index (κ2) is 9.95. The molecule has 214 valence electrons. The number of nitrogens with one attached hydrogen (secondary N) is 2. The van der Waals surface area contributed by atoms with E-state index in [1.165, 1.54) is 6.08 Å². The maximum Gasteiger partial charge on any atom is 0.246 e. The minimum atomic E-state index is -3.73. The van der Waals surface area contributed by atoms with Crippen molar-refractivity contribution in [2.45, 2.75) is 50.9 Å². The number of hydrogen-bond donors (Lipinski definition) is 2. The van der Waals surface area contributed by atoms with Crippen LogP contribution in [0.4, 0.5) is 16.2 Å². The molecule has 2 atom stereocenters. The highest BCUT2D eigenvalue weighted by atomic mass is 35.5. The van der Waals surface area contributed by atoms with Gasteiger partial charge in [-0.15, -0.1) is 0 Å². The molecule has 2 aliphatic rings. The van der Waals surface area contributed by atoms with Crippen LogP contribution in [-0.2, 0) is 14.8 Å². The molecule has 0 radical (unpaired) electrons. The Labute approximate surface area is 241 Å².